The van der Waals surface area contributed by atoms with Gasteiger partial charge in [-0.3, -0.25) is 9.59 Å². The largest absolute Gasteiger partial charge is 0.492 e. The van der Waals surface area contributed by atoms with Gasteiger partial charge in [-0.15, -0.1) is 11.3 Å². The standard InChI is InChI=1S/C31H38N4O4S/c1-4-38-28-8-6-5-7-27(28)33-17-19-35(20-18-33)31(37)26-21-40-29(32-26)23-13-15-34(16-14-23)30(36)24-9-11-25(12-10-24)39-22(2)3/h5-12,21-23H,4,13-20H2,1-3H3. The van der Waals surface area contributed by atoms with Crippen LogP contribution in [-0.4, -0.2) is 78.6 Å². The van der Waals surface area contributed by atoms with E-state index in [2.05, 4.69) is 11.0 Å². The molecule has 2 saturated heterocycles. The Morgan fingerprint density at radius 1 is 0.925 bits per heavy atom. The summed E-state index contributed by atoms with van der Waals surface area (Å²) in [6.45, 7) is 10.8. The number of hydrogen-bond acceptors (Lipinski definition) is 7. The van der Waals surface area contributed by atoms with Crippen molar-refractivity contribution < 1.29 is 19.1 Å². The van der Waals surface area contributed by atoms with Crippen LogP contribution in [-0.2, 0) is 0 Å². The minimum Gasteiger partial charge on any atom is -0.492 e. The van der Waals surface area contributed by atoms with E-state index in [1.54, 1.807) is 11.3 Å². The predicted octanol–water partition coefficient (Wildman–Crippen LogP) is 5.31. The summed E-state index contributed by atoms with van der Waals surface area (Å²) in [7, 11) is 0. The van der Waals surface area contributed by atoms with Crippen molar-refractivity contribution >= 4 is 28.8 Å². The molecule has 3 heterocycles. The lowest BCUT2D eigenvalue weighted by Crippen LogP contribution is -2.49. The third-order valence-corrected chi connectivity index (χ3v) is 8.43. The van der Waals surface area contributed by atoms with E-state index in [1.165, 1.54) is 0 Å². The Hall–Kier alpha value is -3.59. The molecule has 2 aliphatic rings. The van der Waals surface area contributed by atoms with Crippen molar-refractivity contribution in [1.82, 2.24) is 14.8 Å². The van der Waals surface area contributed by atoms with Crippen molar-refractivity contribution in [2.24, 2.45) is 0 Å². The SMILES string of the molecule is CCOc1ccccc1N1CCN(C(=O)c2csc(C3CCN(C(=O)c4ccc(OC(C)C)cc4)CC3)n2)CC1. The van der Waals surface area contributed by atoms with Gasteiger partial charge in [-0.1, -0.05) is 12.1 Å². The zero-order valence-electron chi connectivity index (χ0n) is 23.5. The summed E-state index contributed by atoms with van der Waals surface area (Å²) in [4.78, 5) is 37.1. The Bertz CT molecular complexity index is 1290. The average molecular weight is 563 g/mol. The van der Waals surface area contributed by atoms with Crippen LogP contribution >= 0.6 is 11.3 Å². The van der Waals surface area contributed by atoms with E-state index in [4.69, 9.17) is 14.5 Å². The van der Waals surface area contributed by atoms with Crippen LogP contribution < -0.4 is 14.4 Å². The second kappa shape index (κ2) is 12.7. The van der Waals surface area contributed by atoms with Gasteiger partial charge in [0.1, 0.15) is 17.2 Å². The molecule has 0 spiro atoms. The van der Waals surface area contributed by atoms with Crippen LogP contribution in [0.2, 0.25) is 0 Å². The number of hydrogen-bond donors (Lipinski definition) is 0. The van der Waals surface area contributed by atoms with Crippen molar-refractivity contribution in [1.29, 1.82) is 0 Å². The first-order valence-electron chi connectivity index (χ1n) is 14.2. The topological polar surface area (TPSA) is 75.2 Å². The molecule has 1 aromatic heterocycles. The molecule has 2 aliphatic heterocycles. The van der Waals surface area contributed by atoms with Crippen molar-refractivity contribution in [3.8, 4) is 11.5 Å². The molecule has 0 aliphatic carbocycles. The Kier molecular flexibility index (Phi) is 8.89. The van der Waals surface area contributed by atoms with E-state index in [9.17, 15) is 9.59 Å². The molecule has 2 fully saturated rings. The van der Waals surface area contributed by atoms with E-state index >= 15 is 0 Å². The number of carbonyl (C=O) groups excluding carboxylic acids is 2. The molecule has 0 bridgehead atoms. The quantitative estimate of drug-likeness (QED) is 0.370. The maximum atomic E-state index is 13.3. The summed E-state index contributed by atoms with van der Waals surface area (Å²) in [5.74, 6) is 1.97. The zero-order valence-corrected chi connectivity index (χ0v) is 24.4. The molecule has 5 rings (SSSR count). The van der Waals surface area contributed by atoms with Crippen LogP contribution in [0.25, 0.3) is 0 Å². The molecule has 2 aromatic carbocycles. The Morgan fingerprint density at radius 2 is 1.60 bits per heavy atom. The molecule has 0 saturated carbocycles. The summed E-state index contributed by atoms with van der Waals surface area (Å²) in [6.07, 6.45) is 1.79. The number of aromatic nitrogens is 1. The first-order valence-corrected chi connectivity index (χ1v) is 15.1. The van der Waals surface area contributed by atoms with Gasteiger partial charge in [-0.2, -0.15) is 0 Å². The van der Waals surface area contributed by atoms with Crippen LogP contribution in [0.15, 0.2) is 53.9 Å². The van der Waals surface area contributed by atoms with Gasteiger partial charge in [0, 0.05) is 56.1 Å². The minimum absolute atomic E-state index is 0.00208. The fourth-order valence-electron chi connectivity index (χ4n) is 5.34. The molecule has 9 heteroatoms. The highest BCUT2D eigenvalue weighted by molar-refractivity contribution is 7.09. The number of para-hydroxylation sites is 2. The lowest BCUT2D eigenvalue weighted by atomic mass is 9.97. The summed E-state index contributed by atoms with van der Waals surface area (Å²) < 4.78 is 11.5. The van der Waals surface area contributed by atoms with Crippen LogP contribution in [0.1, 0.15) is 65.4 Å². The minimum atomic E-state index is -0.00208. The molecule has 212 valence electrons. The molecule has 0 atom stereocenters. The van der Waals surface area contributed by atoms with Crippen molar-refractivity contribution in [3.63, 3.8) is 0 Å². The van der Waals surface area contributed by atoms with Crippen LogP contribution in [0.5, 0.6) is 11.5 Å². The third kappa shape index (κ3) is 6.41. The normalized spacial score (nSPS) is 16.4. The number of thiazole rings is 1. The number of amides is 2. The highest BCUT2D eigenvalue weighted by atomic mass is 32.1. The molecular weight excluding hydrogens is 524 g/mol. The zero-order chi connectivity index (χ0) is 28.1. The Balaban J connectivity index is 1.12. The fraction of sp³-hybridized carbons (Fsp3) is 0.452. The Labute approximate surface area is 240 Å². The number of nitrogens with zero attached hydrogens (tertiary/aromatic N) is 4. The summed E-state index contributed by atoms with van der Waals surface area (Å²) in [6, 6.07) is 15.5. The predicted molar refractivity (Wildman–Crippen MR) is 158 cm³/mol. The maximum Gasteiger partial charge on any atom is 0.273 e. The van der Waals surface area contributed by atoms with E-state index in [1.807, 2.05) is 78.4 Å². The number of piperazine rings is 1. The van der Waals surface area contributed by atoms with Gasteiger partial charge in [0.05, 0.1) is 23.4 Å². The van der Waals surface area contributed by atoms with E-state index in [0.717, 1.165) is 48.1 Å². The molecule has 0 N–H and O–H groups in total. The molecular formula is C31H38N4O4S. The van der Waals surface area contributed by atoms with Gasteiger partial charge in [0.25, 0.3) is 11.8 Å². The average Bonchev–Trinajstić information content (AvgIpc) is 3.48. The molecule has 0 radical (unpaired) electrons. The van der Waals surface area contributed by atoms with Gasteiger partial charge in [0.2, 0.25) is 0 Å². The lowest BCUT2D eigenvalue weighted by molar-refractivity contribution is 0.0712. The maximum absolute atomic E-state index is 13.3. The highest BCUT2D eigenvalue weighted by Gasteiger charge is 2.29. The Morgan fingerprint density at radius 3 is 2.27 bits per heavy atom. The van der Waals surface area contributed by atoms with Crippen molar-refractivity contribution in [2.75, 3.05) is 50.8 Å². The number of piperidine rings is 1. The number of likely N-dealkylation sites (tertiary alicyclic amines) is 1. The second-order valence-corrected chi connectivity index (χ2v) is 11.4. The smallest absolute Gasteiger partial charge is 0.273 e. The van der Waals surface area contributed by atoms with E-state index in [-0.39, 0.29) is 23.8 Å². The van der Waals surface area contributed by atoms with Crippen LogP contribution in [0, 0.1) is 0 Å². The van der Waals surface area contributed by atoms with Gasteiger partial charge in [-0.25, -0.2) is 4.98 Å². The molecule has 2 amide bonds. The molecule has 3 aromatic rings. The van der Waals surface area contributed by atoms with E-state index in [0.29, 0.717) is 44.0 Å². The first-order chi connectivity index (χ1) is 19.4. The van der Waals surface area contributed by atoms with E-state index < -0.39 is 0 Å². The number of ether oxygens (including phenoxy) is 2. The number of benzene rings is 2. The van der Waals surface area contributed by atoms with Gasteiger partial charge in [0.15, 0.2) is 0 Å². The second-order valence-electron chi connectivity index (χ2n) is 10.5. The monoisotopic (exact) mass is 562 g/mol. The fourth-order valence-corrected chi connectivity index (χ4v) is 6.31. The molecule has 8 nitrogen and oxygen atoms in total. The summed E-state index contributed by atoms with van der Waals surface area (Å²) >= 11 is 1.56. The summed E-state index contributed by atoms with van der Waals surface area (Å²) in [5.41, 5.74) is 2.29. The van der Waals surface area contributed by atoms with Crippen molar-refractivity contribution in [3.05, 3.63) is 70.2 Å². The van der Waals surface area contributed by atoms with Crippen molar-refractivity contribution in [2.45, 2.75) is 45.6 Å². The number of anilines is 1. The van der Waals surface area contributed by atoms with Gasteiger partial charge >= 0.3 is 0 Å². The highest BCUT2D eigenvalue weighted by Crippen LogP contribution is 2.32. The summed E-state index contributed by atoms with van der Waals surface area (Å²) in [5, 5.41) is 2.89. The van der Waals surface area contributed by atoms with Crippen LogP contribution in [0.3, 0.4) is 0 Å². The third-order valence-electron chi connectivity index (χ3n) is 7.42. The number of rotatable bonds is 8. The number of carbonyl (C=O) groups is 2. The first kappa shape index (κ1) is 28.0. The van der Waals surface area contributed by atoms with Crippen LogP contribution in [0.4, 0.5) is 5.69 Å². The molecule has 0 unspecified atom stereocenters. The van der Waals surface area contributed by atoms with Gasteiger partial charge < -0.3 is 24.2 Å². The lowest BCUT2D eigenvalue weighted by Gasteiger charge is -2.36. The van der Waals surface area contributed by atoms with Gasteiger partial charge in [-0.05, 0) is 70.0 Å². The molecule has 40 heavy (non-hydrogen) atoms.